The molecule has 2 aromatic heterocycles. The summed E-state index contributed by atoms with van der Waals surface area (Å²) in [5.74, 6) is 0.507. The maximum absolute atomic E-state index is 6.11. The highest BCUT2D eigenvalue weighted by molar-refractivity contribution is 7.98. The Labute approximate surface area is 156 Å². The number of hydrogen-bond donors (Lipinski definition) is 3. The van der Waals surface area contributed by atoms with E-state index in [1.165, 1.54) is 11.1 Å². The summed E-state index contributed by atoms with van der Waals surface area (Å²) in [5, 5.41) is 8.47. The Kier molecular flexibility index (Phi) is 5.43. The molecule has 134 valence electrons. The third kappa shape index (κ3) is 3.80. The minimum atomic E-state index is -0.160. The first-order valence-electron chi connectivity index (χ1n) is 8.07. The number of aromatic nitrogens is 4. The third-order valence-electron chi connectivity index (χ3n) is 3.93. The summed E-state index contributed by atoms with van der Waals surface area (Å²) in [6.45, 7) is 1.96. The summed E-state index contributed by atoms with van der Waals surface area (Å²) in [5.41, 5.74) is 13.7. The molecule has 0 aliphatic heterocycles. The first kappa shape index (κ1) is 17.8. The van der Waals surface area contributed by atoms with Crippen molar-refractivity contribution in [3.05, 3.63) is 60.7 Å². The van der Waals surface area contributed by atoms with Crippen molar-refractivity contribution >= 4 is 34.4 Å². The molecule has 3 aromatic rings. The van der Waals surface area contributed by atoms with Crippen LogP contribution in [0.4, 0.5) is 11.6 Å². The summed E-state index contributed by atoms with van der Waals surface area (Å²) in [6, 6.07) is 7.94. The van der Waals surface area contributed by atoms with Crippen LogP contribution in [0.5, 0.6) is 0 Å². The van der Waals surface area contributed by atoms with Gasteiger partial charge in [-0.3, -0.25) is 0 Å². The van der Waals surface area contributed by atoms with Crippen molar-refractivity contribution in [1.82, 2.24) is 19.7 Å². The Morgan fingerprint density at radius 1 is 1.27 bits per heavy atom. The van der Waals surface area contributed by atoms with E-state index in [9.17, 15) is 0 Å². The predicted molar refractivity (Wildman–Crippen MR) is 107 cm³/mol. The van der Waals surface area contributed by atoms with E-state index in [4.69, 9.17) is 11.5 Å². The highest BCUT2D eigenvalue weighted by Gasteiger charge is 2.14. The molecule has 1 atom stereocenters. The van der Waals surface area contributed by atoms with Gasteiger partial charge in [0, 0.05) is 22.5 Å². The van der Waals surface area contributed by atoms with Crippen molar-refractivity contribution in [3.63, 3.8) is 0 Å². The van der Waals surface area contributed by atoms with Crippen molar-refractivity contribution in [2.75, 3.05) is 11.6 Å². The Morgan fingerprint density at radius 2 is 2.04 bits per heavy atom. The fourth-order valence-corrected chi connectivity index (χ4v) is 2.84. The van der Waals surface area contributed by atoms with Crippen LogP contribution in [0.2, 0.25) is 0 Å². The van der Waals surface area contributed by atoms with E-state index >= 15 is 0 Å². The molecule has 26 heavy (non-hydrogen) atoms. The second kappa shape index (κ2) is 7.92. The number of nitrogens with zero attached hydrogens (tertiary/aromatic N) is 4. The number of benzene rings is 1. The second-order valence-corrected chi connectivity index (χ2v) is 6.52. The molecule has 0 amide bonds. The molecule has 0 saturated heterocycles. The van der Waals surface area contributed by atoms with Crippen LogP contribution in [0.15, 0.2) is 65.6 Å². The maximum atomic E-state index is 6.11. The molecular formula is C18H21N7S. The average Bonchev–Trinajstić information content (AvgIpc) is 3.09. The minimum absolute atomic E-state index is 0.160. The molecule has 0 spiro atoms. The number of fused-ring (bicyclic) bond motifs is 1. The largest absolute Gasteiger partial charge is 0.405 e. The molecular weight excluding hydrogens is 346 g/mol. The summed E-state index contributed by atoms with van der Waals surface area (Å²) in [7, 11) is 0. The van der Waals surface area contributed by atoms with Crippen LogP contribution < -0.4 is 16.8 Å². The molecule has 3 rings (SSSR count). The van der Waals surface area contributed by atoms with E-state index < -0.39 is 0 Å². The highest BCUT2D eigenvalue weighted by Crippen LogP contribution is 2.22. The Balaban J connectivity index is 1.89. The molecule has 1 aromatic carbocycles. The van der Waals surface area contributed by atoms with E-state index in [1.54, 1.807) is 41.0 Å². The van der Waals surface area contributed by atoms with Crippen LogP contribution in [0.1, 0.15) is 13.0 Å². The van der Waals surface area contributed by atoms with Gasteiger partial charge in [0.2, 0.25) is 5.95 Å². The van der Waals surface area contributed by atoms with Gasteiger partial charge in [-0.25, -0.2) is 9.67 Å². The SMILES string of the molecule is CSc1ccc(Nc2ncc3cnn(C(C)/C(N)=C/C=C\N)c3n2)cc1. The van der Waals surface area contributed by atoms with Crippen molar-refractivity contribution in [1.29, 1.82) is 0 Å². The van der Waals surface area contributed by atoms with E-state index in [1.807, 2.05) is 37.4 Å². The molecule has 0 saturated carbocycles. The maximum Gasteiger partial charge on any atom is 0.229 e. The van der Waals surface area contributed by atoms with Gasteiger partial charge in [0.25, 0.3) is 0 Å². The lowest BCUT2D eigenvalue weighted by atomic mass is 10.2. The minimum Gasteiger partial charge on any atom is -0.405 e. The zero-order valence-corrected chi connectivity index (χ0v) is 15.4. The number of thioether (sulfide) groups is 1. The molecule has 1 unspecified atom stereocenters. The predicted octanol–water partition coefficient (Wildman–Crippen LogP) is 3.17. The lowest BCUT2D eigenvalue weighted by Gasteiger charge is -2.13. The molecule has 2 heterocycles. The van der Waals surface area contributed by atoms with Crippen LogP contribution in [0, 0.1) is 0 Å². The first-order chi connectivity index (χ1) is 12.6. The molecule has 7 nitrogen and oxygen atoms in total. The standard InChI is InChI=1S/C18H21N7S/c1-12(16(20)4-3-9-19)25-17-13(11-22-25)10-21-18(24-17)23-14-5-7-15(26-2)8-6-14/h3-12H,19-20H2,1-2H3,(H,21,23,24)/b9-3-,16-4-. The van der Waals surface area contributed by atoms with E-state index in [0.29, 0.717) is 17.3 Å². The van der Waals surface area contributed by atoms with Crippen molar-refractivity contribution in [3.8, 4) is 0 Å². The van der Waals surface area contributed by atoms with Crippen molar-refractivity contribution in [2.45, 2.75) is 17.9 Å². The summed E-state index contributed by atoms with van der Waals surface area (Å²) >= 11 is 1.70. The Morgan fingerprint density at radius 3 is 2.73 bits per heavy atom. The summed E-state index contributed by atoms with van der Waals surface area (Å²) < 4.78 is 1.77. The number of nitrogens with one attached hydrogen (secondary N) is 1. The van der Waals surface area contributed by atoms with Gasteiger partial charge in [-0.2, -0.15) is 10.1 Å². The van der Waals surface area contributed by atoms with Gasteiger partial charge < -0.3 is 16.8 Å². The van der Waals surface area contributed by atoms with Gasteiger partial charge in [-0.05, 0) is 55.8 Å². The van der Waals surface area contributed by atoms with Crippen LogP contribution in [-0.2, 0) is 0 Å². The molecule has 8 heteroatoms. The molecule has 5 N–H and O–H groups in total. The van der Waals surface area contributed by atoms with Gasteiger partial charge in [0.15, 0.2) is 5.65 Å². The number of nitrogens with two attached hydrogens (primary N) is 2. The van der Waals surface area contributed by atoms with E-state index in [-0.39, 0.29) is 6.04 Å². The van der Waals surface area contributed by atoms with Crippen LogP contribution >= 0.6 is 11.8 Å². The van der Waals surface area contributed by atoms with E-state index in [0.717, 1.165) is 11.1 Å². The number of anilines is 2. The molecule has 0 aliphatic rings. The fourth-order valence-electron chi connectivity index (χ4n) is 2.43. The van der Waals surface area contributed by atoms with Gasteiger partial charge in [0.05, 0.1) is 17.6 Å². The smallest absolute Gasteiger partial charge is 0.229 e. The van der Waals surface area contributed by atoms with Crippen LogP contribution in [0.25, 0.3) is 11.0 Å². The topological polar surface area (TPSA) is 108 Å². The first-order valence-corrected chi connectivity index (χ1v) is 9.30. The number of rotatable bonds is 6. The average molecular weight is 367 g/mol. The number of hydrogen-bond acceptors (Lipinski definition) is 7. The zero-order chi connectivity index (χ0) is 18.5. The zero-order valence-electron chi connectivity index (χ0n) is 14.6. The van der Waals surface area contributed by atoms with Crippen molar-refractivity contribution in [2.24, 2.45) is 11.5 Å². The Bertz CT molecular complexity index is 944. The van der Waals surface area contributed by atoms with Gasteiger partial charge >= 0.3 is 0 Å². The Hall–Kier alpha value is -3.00. The van der Waals surface area contributed by atoms with Gasteiger partial charge in [-0.1, -0.05) is 0 Å². The molecule has 0 fully saturated rings. The second-order valence-electron chi connectivity index (χ2n) is 5.64. The van der Waals surface area contributed by atoms with Crippen LogP contribution in [0.3, 0.4) is 0 Å². The van der Waals surface area contributed by atoms with Crippen LogP contribution in [-0.4, -0.2) is 26.0 Å². The highest BCUT2D eigenvalue weighted by atomic mass is 32.2. The van der Waals surface area contributed by atoms with Gasteiger partial charge in [-0.15, -0.1) is 11.8 Å². The lowest BCUT2D eigenvalue weighted by molar-refractivity contribution is 0.564. The summed E-state index contributed by atoms with van der Waals surface area (Å²) in [6.07, 6.45) is 10.4. The quantitative estimate of drug-likeness (QED) is 0.453. The van der Waals surface area contributed by atoms with E-state index in [2.05, 4.69) is 20.4 Å². The van der Waals surface area contributed by atoms with Gasteiger partial charge in [0.1, 0.15) is 0 Å². The number of allylic oxidation sites excluding steroid dienone is 3. The normalized spacial score (nSPS) is 13.4. The fraction of sp³-hybridized carbons (Fsp3) is 0.167. The molecule has 0 aliphatic carbocycles. The monoisotopic (exact) mass is 367 g/mol. The molecule has 0 bridgehead atoms. The molecule has 0 radical (unpaired) electrons. The van der Waals surface area contributed by atoms with Crippen molar-refractivity contribution < 1.29 is 0 Å². The lowest BCUT2D eigenvalue weighted by Crippen LogP contribution is -2.16. The summed E-state index contributed by atoms with van der Waals surface area (Å²) in [4.78, 5) is 10.2. The third-order valence-corrected chi connectivity index (χ3v) is 4.67.